The van der Waals surface area contributed by atoms with Crippen LogP contribution < -0.4 is 15.8 Å². The van der Waals surface area contributed by atoms with Crippen molar-refractivity contribution in [1.29, 1.82) is 0 Å². The SMILES string of the molecule is Nc1c(OCCCNCc2ccccc2)cccc1[N+](=O)[O-]. The van der Waals surface area contributed by atoms with Gasteiger partial charge in [0.15, 0.2) is 5.69 Å². The molecule has 116 valence electrons. The van der Waals surface area contributed by atoms with Crippen LogP contribution in [0, 0.1) is 10.1 Å². The van der Waals surface area contributed by atoms with Crippen LogP contribution in [0.2, 0.25) is 0 Å². The summed E-state index contributed by atoms with van der Waals surface area (Å²) in [4.78, 5) is 10.3. The van der Waals surface area contributed by atoms with Crippen molar-refractivity contribution >= 4 is 11.4 Å². The van der Waals surface area contributed by atoms with E-state index in [9.17, 15) is 10.1 Å². The smallest absolute Gasteiger partial charge is 0.295 e. The molecule has 0 spiro atoms. The summed E-state index contributed by atoms with van der Waals surface area (Å²) in [6, 6.07) is 14.7. The maximum Gasteiger partial charge on any atom is 0.295 e. The average molecular weight is 301 g/mol. The highest BCUT2D eigenvalue weighted by atomic mass is 16.6. The van der Waals surface area contributed by atoms with Crippen molar-refractivity contribution in [2.24, 2.45) is 0 Å². The van der Waals surface area contributed by atoms with Gasteiger partial charge in [-0.1, -0.05) is 36.4 Å². The Morgan fingerprint density at radius 3 is 2.64 bits per heavy atom. The summed E-state index contributed by atoms with van der Waals surface area (Å²) in [6.45, 7) is 2.05. The highest BCUT2D eigenvalue weighted by Crippen LogP contribution is 2.30. The largest absolute Gasteiger partial charge is 0.491 e. The molecule has 3 N–H and O–H groups in total. The molecule has 2 aromatic carbocycles. The van der Waals surface area contributed by atoms with Crippen LogP contribution in [0.5, 0.6) is 5.75 Å². The van der Waals surface area contributed by atoms with E-state index in [1.54, 1.807) is 12.1 Å². The molecule has 2 rings (SSSR count). The van der Waals surface area contributed by atoms with Gasteiger partial charge in [0, 0.05) is 12.6 Å². The summed E-state index contributed by atoms with van der Waals surface area (Å²) in [6.07, 6.45) is 0.787. The minimum Gasteiger partial charge on any atom is -0.491 e. The van der Waals surface area contributed by atoms with E-state index in [1.807, 2.05) is 18.2 Å². The molecule has 0 aliphatic heterocycles. The Bertz CT molecular complexity index is 617. The molecule has 0 saturated carbocycles. The van der Waals surface area contributed by atoms with Crippen LogP contribution in [-0.4, -0.2) is 18.1 Å². The third kappa shape index (κ3) is 4.46. The molecular weight excluding hydrogens is 282 g/mol. The van der Waals surface area contributed by atoms with E-state index in [-0.39, 0.29) is 11.4 Å². The van der Waals surface area contributed by atoms with Gasteiger partial charge in [0.05, 0.1) is 11.5 Å². The van der Waals surface area contributed by atoms with Gasteiger partial charge in [-0.25, -0.2) is 0 Å². The molecule has 0 fully saturated rings. The van der Waals surface area contributed by atoms with Crippen molar-refractivity contribution in [2.75, 3.05) is 18.9 Å². The zero-order valence-corrected chi connectivity index (χ0v) is 12.2. The highest BCUT2D eigenvalue weighted by molar-refractivity contribution is 5.66. The number of ether oxygens (including phenoxy) is 1. The van der Waals surface area contributed by atoms with Gasteiger partial charge in [-0.2, -0.15) is 0 Å². The maximum absolute atomic E-state index is 10.8. The maximum atomic E-state index is 10.8. The first-order valence-corrected chi connectivity index (χ1v) is 7.09. The number of hydrogen-bond acceptors (Lipinski definition) is 5. The summed E-state index contributed by atoms with van der Waals surface area (Å²) in [5.41, 5.74) is 6.90. The summed E-state index contributed by atoms with van der Waals surface area (Å²) in [5, 5.41) is 14.1. The van der Waals surface area contributed by atoms with Crippen molar-refractivity contribution in [3.8, 4) is 5.75 Å². The van der Waals surface area contributed by atoms with Crippen molar-refractivity contribution < 1.29 is 9.66 Å². The minimum absolute atomic E-state index is 0.0738. The van der Waals surface area contributed by atoms with Crippen LogP contribution in [0.25, 0.3) is 0 Å². The topological polar surface area (TPSA) is 90.4 Å². The summed E-state index contributed by atoms with van der Waals surface area (Å²) < 4.78 is 5.51. The Labute approximate surface area is 129 Å². The van der Waals surface area contributed by atoms with Crippen molar-refractivity contribution in [2.45, 2.75) is 13.0 Å². The van der Waals surface area contributed by atoms with Crippen molar-refractivity contribution in [3.63, 3.8) is 0 Å². The molecule has 0 amide bonds. The predicted octanol–water partition coefficient (Wildman–Crippen LogP) is 2.74. The molecule has 6 heteroatoms. The van der Waals surface area contributed by atoms with Crippen LogP contribution in [0.3, 0.4) is 0 Å². The van der Waals surface area contributed by atoms with E-state index >= 15 is 0 Å². The molecule has 2 aromatic rings. The normalized spacial score (nSPS) is 10.4. The molecule has 6 nitrogen and oxygen atoms in total. The number of nitro groups is 1. The van der Waals surface area contributed by atoms with E-state index in [0.717, 1.165) is 19.5 Å². The highest BCUT2D eigenvalue weighted by Gasteiger charge is 2.14. The van der Waals surface area contributed by atoms with Gasteiger partial charge in [0.1, 0.15) is 5.75 Å². The first-order chi connectivity index (χ1) is 10.7. The van der Waals surface area contributed by atoms with Gasteiger partial charge in [0.2, 0.25) is 0 Å². The molecule has 0 aromatic heterocycles. The second kappa shape index (κ2) is 7.99. The van der Waals surface area contributed by atoms with E-state index in [2.05, 4.69) is 17.4 Å². The fraction of sp³-hybridized carbons (Fsp3) is 0.250. The lowest BCUT2D eigenvalue weighted by molar-refractivity contribution is -0.384. The Kier molecular flexibility index (Phi) is 5.73. The van der Waals surface area contributed by atoms with Crippen molar-refractivity contribution in [1.82, 2.24) is 5.32 Å². The zero-order chi connectivity index (χ0) is 15.8. The molecular formula is C16H19N3O3. The molecule has 0 heterocycles. The first kappa shape index (κ1) is 15.8. The van der Waals surface area contributed by atoms with Crippen LogP contribution in [-0.2, 0) is 6.54 Å². The van der Waals surface area contributed by atoms with Crippen molar-refractivity contribution in [3.05, 3.63) is 64.2 Å². The third-order valence-corrected chi connectivity index (χ3v) is 3.17. The second-order valence-electron chi connectivity index (χ2n) is 4.81. The van der Waals surface area contributed by atoms with Gasteiger partial charge in [0.25, 0.3) is 5.69 Å². The fourth-order valence-electron chi connectivity index (χ4n) is 2.03. The molecule has 0 bridgehead atoms. The Balaban J connectivity index is 1.71. The summed E-state index contributed by atoms with van der Waals surface area (Å²) in [7, 11) is 0. The zero-order valence-electron chi connectivity index (χ0n) is 12.2. The molecule has 0 unspecified atom stereocenters. The van der Waals surface area contributed by atoms with Gasteiger partial charge in [-0.3, -0.25) is 10.1 Å². The lowest BCUT2D eigenvalue weighted by Crippen LogP contribution is -2.17. The predicted molar refractivity (Wildman–Crippen MR) is 85.8 cm³/mol. The Morgan fingerprint density at radius 1 is 1.14 bits per heavy atom. The average Bonchev–Trinajstić information content (AvgIpc) is 2.53. The van der Waals surface area contributed by atoms with Crippen LogP contribution >= 0.6 is 0 Å². The van der Waals surface area contributed by atoms with Crippen LogP contribution in [0.15, 0.2) is 48.5 Å². The lowest BCUT2D eigenvalue weighted by Gasteiger charge is -2.09. The van der Waals surface area contributed by atoms with Gasteiger partial charge in [-0.05, 0) is 24.6 Å². The van der Waals surface area contributed by atoms with Gasteiger partial charge >= 0.3 is 0 Å². The number of rotatable bonds is 8. The number of benzene rings is 2. The van der Waals surface area contributed by atoms with E-state index < -0.39 is 4.92 Å². The first-order valence-electron chi connectivity index (χ1n) is 7.09. The summed E-state index contributed by atoms with van der Waals surface area (Å²) in [5.74, 6) is 0.359. The molecule has 0 radical (unpaired) electrons. The second-order valence-corrected chi connectivity index (χ2v) is 4.81. The molecule has 0 saturated heterocycles. The molecule has 0 aliphatic carbocycles. The third-order valence-electron chi connectivity index (χ3n) is 3.17. The van der Waals surface area contributed by atoms with E-state index in [0.29, 0.717) is 12.4 Å². The van der Waals surface area contributed by atoms with Crippen LogP contribution in [0.1, 0.15) is 12.0 Å². The number of hydrogen-bond donors (Lipinski definition) is 2. The minimum atomic E-state index is -0.510. The number of nitro benzene ring substituents is 1. The Morgan fingerprint density at radius 2 is 1.91 bits per heavy atom. The number of nitrogens with one attached hydrogen (secondary N) is 1. The van der Waals surface area contributed by atoms with Gasteiger partial charge in [-0.15, -0.1) is 0 Å². The van der Waals surface area contributed by atoms with E-state index in [1.165, 1.54) is 11.6 Å². The molecule has 0 aliphatic rings. The lowest BCUT2D eigenvalue weighted by atomic mass is 10.2. The quantitative estimate of drug-likeness (QED) is 0.338. The number of anilines is 1. The number of para-hydroxylation sites is 1. The molecule has 22 heavy (non-hydrogen) atoms. The monoisotopic (exact) mass is 301 g/mol. The molecule has 0 atom stereocenters. The fourth-order valence-corrected chi connectivity index (χ4v) is 2.03. The standard InChI is InChI=1S/C16H19N3O3/c17-16-14(19(20)21)8-4-9-15(16)22-11-5-10-18-12-13-6-2-1-3-7-13/h1-4,6-9,18H,5,10-12,17H2. The Hall–Kier alpha value is -2.60. The van der Waals surface area contributed by atoms with Crippen LogP contribution in [0.4, 0.5) is 11.4 Å². The number of nitrogen functional groups attached to an aromatic ring is 1. The number of nitrogens with zero attached hydrogens (tertiary/aromatic N) is 1. The van der Waals surface area contributed by atoms with Gasteiger partial charge < -0.3 is 15.8 Å². The number of nitrogens with two attached hydrogens (primary N) is 1. The summed E-state index contributed by atoms with van der Waals surface area (Å²) >= 11 is 0. The van der Waals surface area contributed by atoms with E-state index in [4.69, 9.17) is 10.5 Å².